The molecule has 0 spiro atoms. The van der Waals surface area contributed by atoms with Crippen LogP contribution in [-0.4, -0.2) is 63.9 Å². The highest BCUT2D eigenvalue weighted by atomic mass is 32.2. The van der Waals surface area contributed by atoms with Crippen LogP contribution in [0.2, 0.25) is 0 Å². The maximum atomic E-state index is 13.8. The molecule has 2 aromatic heterocycles. The van der Waals surface area contributed by atoms with Gasteiger partial charge in [-0.15, -0.1) is 0 Å². The quantitative estimate of drug-likeness (QED) is 0.436. The summed E-state index contributed by atoms with van der Waals surface area (Å²) in [7, 11) is 1.57. The number of carbonyl (C=O) groups excluding carboxylic acids is 2. The van der Waals surface area contributed by atoms with Crippen molar-refractivity contribution < 1.29 is 14.3 Å². The number of hydrogen-bond donors (Lipinski definition) is 1. The van der Waals surface area contributed by atoms with E-state index in [2.05, 4.69) is 21.9 Å². The van der Waals surface area contributed by atoms with Crippen LogP contribution in [0.1, 0.15) is 29.8 Å². The van der Waals surface area contributed by atoms with Crippen LogP contribution in [0.5, 0.6) is 5.75 Å². The Morgan fingerprint density at radius 3 is 2.72 bits per heavy atom. The Balaban J connectivity index is 1.56. The smallest absolute Gasteiger partial charge is 0.258 e. The Morgan fingerprint density at radius 1 is 1.25 bits per heavy atom. The lowest BCUT2D eigenvalue weighted by Gasteiger charge is -2.47. The number of rotatable bonds is 7. The first-order chi connectivity index (χ1) is 17.2. The molecule has 0 aliphatic carbocycles. The molecule has 0 saturated carbocycles. The second-order valence-electron chi connectivity index (χ2n) is 8.98. The van der Waals surface area contributed by atoms with Crippen molar-refractivity contribution in [2.45, 2.75) is 35.4 Å². The van der Waals surface area contributed by atoms with Crippen LogP contribution in [-0.2, 0) is 4.79 Å². The fourth-order valence-corrected chi connectivity index (χ4v) is 6.07. The summed E-state index contributed by atoms with van der Waals surface area (Å²) in [5.74, 6) is 1.02. The molecule has 1 N–H and O–H groups in total. The Labute approximate surface area is 219 Å². The van der Waals surface area contributed by atoms with Gasteiger partial charge in [-0.3, -0.25) is 9.59 Å². The zero-order valence-corrected chi connectivity index (χ0v) is 22.4. The van der Waals surface area contributed by atoms with Crippen LogP contribution in [0.15, 0.2) is 64.5 Å². The third-order valence-electron chi connectivity index (χ3n) is 5.96. The second kappa shape index (κ2) is 10.7. The third-order valence-corrected chi connectivity index (χ3v) is 8.13. The predicted molar refractivity (Wildman–Crippen MR) is 143 cm³/mol. The standard InChI is InChI=1S/C26H29N5O3S2/c1-6-22(32)30-11-12-31(26(3,4)16-30)24(33)18-14-20(17(2)13-19(18)34-5)35-23-15-28-25(36-23)29-21-9-7-8-10-27-21/h6-10,13-15H,1,11-12,16H2,2-5H3,(H,27,28,29). The van der Waals surface area contributed by atoms with Crippen molar-refractivity contribution in [3.8, 4) is 5.75 Å². The molecule has 3 aromatic rings. The summed E-state index contributed by atoms with van der Waals surface area (Å²) in [4.78, 5) is 39.1. The molecule has 0 radical (unpaired) electrons. The number of nitrogens with one attached hydrogen (secondary N) is 1. The predicted octanol–water partition coefficient (Wildman–Crippen LogP) is 5.00. The molecule has 2 amide bonds. The number of amides is 2. The van der Waals surface area contributed by atoms with Gasteiger partial charge >= 0.3 is 0 Å². The molecular formula is C26H29N5O3S2. The monoisotopic (exact) mass is 523 g/mol. The SMILES string of the molecule is C=CC(=O)N1CCN(C(=O)c2cc(Sc3cnc(Nc4ccccn4)s3)c(C)cc2OC)C(C)(C)C1. The number of benzene rings is 1. The first-order valence-electron chi connectivity index (χ1n) is 11.5. The van der Waals surface area contributed by atoms with Gasteiger partial charge in [0, 0.05) is 30.7 Å². The van der Waals surface area contributed by atoms with E-state index in [1.54, 1.807) is 30.0 Å². The minimum absolute atomic E-state index is 0.119. The minimum atomic E-state index is -0.541. The number of aryl methyl sites for hydroxylation is 1. The highest BCUT2D eigenvalue weighted by Gasteiger charge is 2.39. The lowest BCUT2D eigenvalue weighted by atomic mass is 9.96. The van der Waals surface area contributed by atoms with Crippen LogP contribution >= 0.6 is 23.1 Å². The average molecular weight is 524 g/mol. The van der Waals surface area contributed by atoms with Crippen LogP contribution in [0, 0.1) is 6.92 Å². The molecule has 0 bridgehead atoms. The van der Waals surface area contributed by atoms with Gasteiger partial charge in [0.25, 0.3) is 5.91 Å². The number of nitrogens with zero attached hydrogens (tertiary/aromatic N) is 4. The zero-order chi connectivity index (χ0) is 25.9. The Hall–Kier alpha value is -3.37. The average Bonchev–Trinajstić information content (AvgIpc) is 3.30. The minimum Gasteiger partial charge on any atom is -0.496 e. The van der Waals surface area contributed by atoms with Crippen molar-refractivity contribution in [1.29, 1.82) is 0 Å². The van der Waals surface area contributed by atoms with Gasteiger partial charge in [-0.05, 0) is 56.7 Å². The maximum Gasteiger partial charge on any atom is 0.258 e. The van der Waals surface area contributed by atoms with Gasteiger partial charge in [-0.1, -0.05) is 35.7 Å². The van der Waals surface area contributed by atoms with E-state index in [0.717, 1.165) is 25.6 Å². The number of thiazole rings is 1. The largest absolute Gasteiger partial charge is 0.496 e. The fourth-order valence-electron chi connectivity index (χ4n) is 4.12. The molecule has 1 saturated heterocycles. The molecule has 1 aliphatic rings. The Bertz CT molecular complexity index is 1280. The van der Waals surface area contributed by atoms with Crippen LogP contribution < -0.4 is 10.1 Å². The summed E-state index contributed by atoms with van der Waals surface area (Å²) in [5.41, 5.74) is 0.959. The van der Waals surface area contributed by atoms with Crippen molar-refractivity contribution in [2.24, 2.45) is 0 Å². The van der Waals surface area contributed by atoms with Crippen molar-refractivity contribution in [3.05, 3.63) is 66.5 Å². The molecule has 3 heterocycles. The van der Waals surface area contributed by atoms with E-state index in [-0.39, 0.29) is 11.8 Å². The van der Waals surface area contributed by atoms with Gasteiger partial charge in [0.2, 0.25) is 5.91 Å². The topological polar surface area (TPSA) is 87.7 Å². The number of anilines is 2. The van der Waals surface area contributed by atoms with Gasteiger partial charge in [0.15, 0.2) is 5.13 Å². The number of methoxy groups -OCH3 is 1. The van der Waals surface area contributed by atoms with E-state index >= 15 is 0 Å². The first kappa shape index (κ1) is 25.7. The molecule has 1 aromatic carbocycles. The first-order valence-corrected chi connectivity index (χ1v) is 13.1. The summed E-state index contributed by atoms with van der Waals surface area (Å²) in [6.07, 6.45) is 4.85. The Morgan fingerprint density at radius 2 is 2.06 bits per heavy atom. The van der Waals surface area contributed by atoms with Crippen molar-refractivity contribution in [2.75, 3.05) is 32.1 Å². The van der Waals surface area contributed by atoms with E-state index in [0.29, 0.717) is 30.9 Å². The molecule has 4 rings (SSSR count). The summed E-state index contributed by atoms with van der Waals surface area (Å²) in [5, 5.41) is 3.95. The lowest BCUT2D eigenvalue weighted by molar-refractivity contribution is -0.130. The second-order valence-corrected chi connectivity index (χ2v) is 11.4. The summed E-state index contributed by atoms with van der Waals surface area (Å²) >= 11 is 3.07. The van der Waals surface area contributed by atoms with Gasteiger partial charge in [0.1, 0.15) is 11.6 Å². The number of ether oxygens (including phenoxy) is 1. The van der Waals surface area contributed by atoms with Crippen LogP contribution in [0.25, 0.3) is 0 Å². The molecule has 0 unspecified atom stereocenters. The molecule has 8 nitrogen and oxygen atoms in total. The van der Waals surface area contributed by atoms with E-state index in [9.17, 15) is 9.59 Å². The van der Waals surface area contributed by atoms with E-state index in [4.69, 9.17) is 4.74 Å². The van der Waals surface area contributed by atoms with Crippen LogP contribution in [0.3, 0.4) is 0 Å². The molecule has 1 fully saturated rings. The van der Waals surface area contributed by atoms with Crippen molar-refractivity contribution in [3.63, 3.8) is 0 Å². The van der Waals surface area contributed by atoms with Crippen molar-refractivity contribution >= 4 is 45.9 Å². The maximum absolute atomic E-state index is 13.8. The van der Waals surface area contributed by atoms with Gasteiger partial charge in [-0.2, -0.15) is 0 Å². The third kappa shape index (κ3) is 5.55. The molecule has 0 atom stereocenters. The lowest BCUT2D eigenvalue weighted by Crippen LogP contribution is -2.61. The molecule has 36 heavy (non-hydrogen) atoms. The number of carbonyl (C=O) groups is 2. The van der Waals surface area contributed by atoms with E-state index < -0.39 is 5.54 Å². The van der Waals surface area contributed by atoms with E-state index in [1.807, 2.05) is 62.2 Å². The van der Waals surface area contributed by atoms with Gasteiger partial charge < -0.3 is 19.9 Å². The summed E-state index contributed by atoms with van der Waals surface area (Å²) in [6.45, 7) is 10.8. The number of pyridine rings is 1. The fraction of sp³-hybridized carbons (Fsp3) is 0.308. The molecular weight excluding hydrogens is 494 g/mol. The van der Waals surface area contributed by atoms with Gasteiger partial charge in [0.05, 0.1) is 28.6 Å². The normalized spacial score (nSPS) is 14.9. The number of hydrogen-bond acceptors (Lipinski definition) is 8. The zero-order valence-electron chi connectivity index (χ0n) is 20.8. The summed E-state index contributed by atoms with van der Waals surface area (Å²) < 4.78 is 6.58. The van der Waals surface area contributed by atoms with E-state index in [1.165, 1.54) is 17.4 Å². The van der Waals surface area contributed by atoms with Gasteiger partial charge in [-0.25, -0.2) is 9.97 Å². The number of aromatic nitrogens is 2. The highest BCUT2D eigenvalue weighted by Crippen LogP contribution is 2.39. The molecule has 188 valence electrons. The molecule has 1 aliphatic heterocycles. The summed E-state index contributed by atoms with van der Waals surface area (Å²) in [6, 6.07) is 9.45. The molecule has 10 heteroatoms. The van der Waals surface area contributed by atoms with Crippen molar-refractivity contribution in [1.82, 2.24) is 19.8 Å². The Kier molecular flexibility index (Phi) is 7.65. The van der Waals surface area contributed by atoms with Crippen LogP contribution in [0.4, 0.5) is 10.9 Å². The highest BCUT2D eigenvalue weighted by molar-refractivity contribution is 8.01. The number of piperazine rings is 1.